The molecule has 5 heteroatoms. The fraction of sp³-hybridized carbons (Fsp3) is 0.333. The van der Waals surface area contributed by atoms with Crippen LogP contribution in [0.2, 0.25) is 0 Å². The van der Waals surface area contributed by atoms with Gasteiger partial charge in [0, 0.05) is 13.1 Å². The molecule has 108 valence electrons. The first-order valence-electron chi connectivity index (χ1n) is 6.46. The number of thiophene rings is 1. The number of rotatable bonds is 8. The maximum absolute atomic E-state index is 8.78. The number of nitrogens with one attached hydrogen (secondary N) is 1. The average molecular weight is 293 g/mol. The third kappa shape index (κ3) is 4.23. The van der Waals surface area contributed by atoms with Crippen LogP contribution in [0.25, 0.3) is 0 Å². The number of methoxy groups -OCH3 is 1. The van der Waals surface area contributed by atoms with Crippen LogP contribution < -0.4 is 14.8 Å². The van der Waals surface area contributed by atoms with E-state index < -0.39 is 0 Å². The van der Waals surface area contributed by atoms with Crippen molar-refractivity contribution in [1.29, 1.82) is 0 Å². The molecular weight excluding hydrogens is 274 g/mol. The Bertz CT molecular complexity index is 514. The maximum atomic E-state index is 8.78. The third-order valence-corrected chi connectivity index (χ3v) is 3.55. The van der Waals surface area contributed by atoms with Crippen LogP contribution in [0, 0.1) is 0 Å². The maximum Gasteiger partial charge on any atom is 0.161 e. The van der Waals surface area contributed by atoms with Crippen molar-refractivity contribution in [3.63, 3.8) is 0 Å². The van der Waals surface area contributed by atoms with E-state index in [1.165, 1.54) is 5.56 Å². The molecule has 0 saturated carbocycles. The fourth-order valence-corrected chi connectivity index (χ4v) is 2.51. The lowest BCUT2D eigenvalue weighted by molar-refractivity contribution is 0.196. The van der Waals surface area contributed by atoms with Gasteiger partial charge in [-0.3, -0.25) is 0 Å². The lowest BCUT2D eigenvalue weighted by atomic mass is 10.2. The molecule has 0 radical (unpaired) electrons. The molecule has 2 rings (SSSR count). The minimum absolute atomic E-state index is 0.00684. The highest BCUT2D eigenvalue weighted by atomic mass is 32.1. The summed E-state index contributed by atoms with van der Waals surface area (Å²) in [6.45, 7) is 1.89. The molecule has 0 atom stereocenters. The van der Waals surface area contributed by atoms with Crippen molar-refractivity contribution >= 4 is 11.3 Å². The highest BCUT2D eigenvalue weighted by Gasteiger charge is 2.05. The van der Waals surface area contributed by atoms with Crippen LogP contribution in [0.1, 0.15) is 11.1 Å². The van der Waals surface area contributed by atoms with Gasteiger partial charge in [0.15, 0.2) is 11.5 Å². The van der Waals surface area contributed by atoms with Gasteiger partial charge in [0.25, 0.3) is 0 Å². The highest BCUT2D eigenvalue weighted by Crippen LogP contribution is 2.28. The molecule has 0 saturated heterocycles. The Morgan fingerprint density at radius 1 is 1.15 bits per heavy atom. The topological polar surface area (TPSA) is 50.7 Å². The molecule has 1 aromatic heterocycles. The Hall–Kier alpha value is -1.56. The fourth-order valence-electron chi connectivity index (χ4n) is 1.84. The normalized spacial score (nSPS) is 10.5. The standard InChI is InChI=1S/C15H19NO3S/c1-18-15-8-12(2-3-14(15)19-6-5-17)9-16-10-13-4-7-20-11-13/h2-4,7-8,11,16-17H,5-6,9-10H2,1H3. The second-order valence-electron chi connectivity index (χ2n) is 4.29. The first-order valence-corrected chi connectivity index (χ1v) is 7.40. The van der Waals surface area contributed by atoms with E-state index in [0.29, 0.717) is 11.5 Å². The Balaban J connectivity index is 1.91. The van der Waals surface area contributed by atoms with E-state index in [4.69, 9.17) is 14.6 Å². The summed E-state index contributed by atoms with van der Waals surface area (Å²) < 4.78 is 10.7. The molecule has 4 nitrogen and oxygen atoms in total. The number of hydrogen-bond acceptors (Lipinski definition) is 5. The van der Waals surface area contributed by atoms with Gasteiger partial charge in [0.1, 0.15) is 6.61 Å². The van der Waals surface area contributed by atoms with Gasteiger partial charge in [-0.15, -0.1) is 0 Å². The minimum Gasteiger partial charge on any atom is -0.493 e. The number of ether oxygens (including phenoxy) is 2. The molecule has 0 spiro atoms. The van der Waals surface area contributed by atoms with E-state index in [0.717, 1.165) is 18.7 Å². The van der Waals surface area contributed by atoms with Gasteiger partial charge in [-0.05, 0) is 40.1 Å². The van der Waals surface area contributed by atoms with Crippen LogP contribution in [0.3, 0.4) is 0 Å². The highest BCUT2D eigenvalue weighted by molar-refractivity contribution is 7.07. The van der Waals surface area contributed by atoms with Crippen LogP contribution in [0.5, 0.6) is 11.5 Å². The van der Waals surface area contributed by atoms with E-state index >= 15 is 0 Å². The Morgan fingerprint density at radius 3 is 2.70 bits per heavy atom. The summed E-state index contributed by atoms with van der Waals surface area (Å²) in [6, 6.07) is 7.93. The summed E-state index contributed by atoms with van der Waals surface area (Å²) in [7, 11) is 1.61. The summed E-state index contributed by atoms with van der Waals surface area (Å²) in [5, 5.41) is 16.4. The van der Waals surface area contributed by atoms with Crippen LogP contribution in [-0.2, 0) is 13.1 Å². The number of hydrogen-bond donors (Lipinski definition) is 2. The van der Waals surface area contributed by atoms with Crippen molar-refractivity contribution in [3.05, 3.63) is 46.2 Å². The zero-order valence-electron chi connectivity index (χ0n) is 11.5. The second-order valence-corrected chi connectivity index (χ2v) is 5.07. The molecule has 0 aliphatic rings. The van der Waals surface area contributed by atoms with Gasteiger partial charge in [0.2, 0.25) is 0 Å². The van der Waals surface area contributed by atoms with E-state index in [-0.39, 0.29) is 13.2 Å². The molecule has 1 aromatic carbocycles. The summed E-state index contributed by atoms with van der Waals surface area (Å²) >= 11 is 1.70. The predicted octanol–water partition coefficient (Wildman–Crippen LogP) is 2.42. The molecular formula is C15H19NO3S. The van der Waals surface area contributed by atoms with Gasteiger partial charge in [-0.1, -0.05) is 6.07 Å². The molecule has 0 unspecified atom stereocenters. The zero-order valence-corrected chi connectivity index (χ0v) is 12.3. The van der Waals surface area contributed by atoms with Crippen molar-refractivity contribution in [2.24, 2.45) is 0 Å². The van der Waals surface area contributed by atoms with Crippen LogP contribution in [0.4, 0.5) is 0 Å². The van der Waals surface area contributed by atoms with Crippen LogP contribution in [0.15, 0.2) is 35.0 Å². The van der Waals surface area contributed by atoms with Crippen molar-refractivity contribution in [2.75, 3.05) is 20.3 Å². The van der Waals surface area contributed by atoms with Crippen LogP contribution in [-0.4, -0.2) is 25.4 Å². The first-order chi connectivity index (χ1) is 9.83. The zero-order chi connectivity index (χ0) is 14.2. The Kier molecular flexibility index (Phi) is 5.86. The summed E-state index contributed by atoms with van der Waals surface area (Å²) in [5.74, 6) is 1.34. The smallest absolute Gasteiger partial charge is 0.161 e. The van der Waals surface area contributed by atoms with Gasteiger partial charge in [-0.25, -0.2) is 0 Å². The summed E-state index contributed by atoms with van der Waals surface area (Å²) in [5.41, 5.74) is 2.43. The predicted molar refractivity (Wildman–Crippen MR) is 80.4 cm³/mol. The molecule has 0 amide bonds. The summed E-state index contributed by atoms with van der Waals surface area (Å²) in [4.78, 5) is 0. The van der Waals surface area contributed by atoms with E-state index in [9.17, 15) is 0 Å². The number of aliphatic hydroxyl groups excluding tert-OH is 1. The Labute approximate surface area is 123 Å². The number of benzene rings is 1. The summed E-state index contributed by atoms with van der Waals surface area (Å²) in [6.07, 6.45) is 0. The number of aliphatic hydroxyl groups is 1. The lowest BCUT2D eigenvalue weighted by Gasteiger charge is -2.11. The van der Waals surface area contributed by atoms with Gasteiger partial charge in [-0.2, -0.15) is 11.3 Å². The average Bonchev–Trinajstić information content (AvgIpc) is 2.99. The molecule has 1 heterocycles. The molecule has 2 N–H and O–H groups in total. The van der Waals surface area contributed by atoms with Crippen molar-refractivity contribution in [3.8, 4) is 11.5 Å². The molecule has 20 heavy (non-hydrogen) atoms. The largest absolute Gasteiger partial charge is 0.493 e. The SMILES string of the molecule is COc1cc(CNCc2ccsc2)ccc1OCCO. The molecule has 0 bridgehead atoms. The van der Waals surface area contributed by atoms with Crippen molar-refractivity contribution < 1.29 is 14.6 Å². The van der Waals surface area contributed by atoms with E-state index in [1.54, 1.807) is 18.4 Å². The third-order valence-electron chi connectivity index (χ3n) is 2.82. The van der Waals surface area contributed by atoms with Gasteiger partial charge >= 0.3 is 0 Å². The second kappa shape index (κ2) is 7.89. The van der Waals surface area contributed by atoms with Crippen LogP contribution >= 0.6 is 11.3 Å². The van der Waals surface area contributed by atoms with Gasteiger partial charge < -0.3 is 19.9 Å². The minimum atomic E-state index is -0.00684. The van der Waals surface area contributed by atoms with Gasteiger partial charge in [0.05, 0.1) is 13.7 Å². The van der Waals surface area contributed by atoms with E-state index in [1.807, 2.05) is 18.2 Å². The molecule has 0 aliphatic carbocycles. The molecule has 0 aliphatic heterocycles. The Morgan fingerprint density at radius 2 is 2.00 bits per heavy atom. The monoisotopic (exact) mass is 293 g/mol. The quantitative estimate of drug-likeness (QED) is 0.785. The van der Waals surface area contributed by atoms with Crippen molar-refractivity contribution in [2.45, 2.75) is 13.1 Å². The van der Waals surface area contributed by atoms with Crippen molar-refractivity contribution in [1.82, 2.24) is 5.32 Å². The lowest BCUT2D eigenvalue weighted by Crippen LogP contribution is -2.12. The first kappa shape index (κ1) is 14.8. The molecule has 0 fully saturated rings. The van der Waals surface area contributed by atoms with E-state index in [2.05, 4.69) is 22.1 Å². The molecule has 2 aromatic rings.